The molecule has 0 N–H and O–H groups in total. The zero-order valence-corrected chi connectivity index (χ0v) is 8.41. The number of aromatic nitrogens is 1. The first-order valence-corrected chi connectivity index (χ1v) is 5.56. The van der Waals surface area contributed by atoms with Gasteiger partial charge in [0.15, 0.2) is 10.7 Å². The molecule has 1 radical (unpaired) electrons. The maximum absolute atomic E-state index is 10.6. The molecule has 1 aromatic heterocycles. The monoisotopic (exact) mass is 208 g/mol. The molecule has 1 aromatic carbocycles. The molecule has 1 heterocycles. The Hall–Kier alpha value is -1.29. The van der Waals surface area contributed by atoms with E-state index in [9.17, 15) is 8.42 Å². The molecule has 0 aliphatic carbocycles. The molecule has 0 amide bonds. The number of hydrogen-bond acceptors (Lipinski definition) is 2. The Morgan fingerprint density at radius 3 is 2.71 bits per heavy atom. The number of thiol groups is 1. The summed E-state index contributed by atoms with van der Waals surface area (Å²) in [4.78, 5) is 0. The molecule has 4 heteroatoms. The third-order valence-corrected chi connectivity index (χ3v) is 2.67. The Bertz CT molecular complexity index is 532. The van der Waals surface area contributed by atoms with Crippen LogP contribution >= 0.6 is 0 Å². The van der Waals surface area contributed by atoms with Gasteiger partial charge in [0.05, 0.1) is 0 Å². The van der Waals surface area contributed by atoms with Crippen LogP contribution in [0.3, 0.4) is 0 Å². The number of fused-ring (bicyclic) bond motifs is 1. The van der Waals surface area contributed by atoms with Crippen molar-refractivity contribution in [3.8, 4) is 0 Å². The molecule has 0 saturated carbocycles. The largest absolute Gasteiger partial charge is 0.333 e. The third-order valence-electron chi connectivity index (χ3n) is 2.14. The molecule has 73 valence electrons. The minimum atomic E-state index is -2.40. The number of rotatable bonds is 2. The van der Waals surface area contributed by atoms with E-state index in [-0.39, 0.29) is 5.88 Å². The second-order valence-electron chi connectivity index (χ2n) is 3.12. The van der Waals surface area contributed by atoms with Crippen molar-refractivity contribution >= 4 is 21.6 Å². The summed E-state index contributed by atoms with van der Waals surface area (Å²) in [7, 11) is -2.40. The Labute approximate surface area is 83.9 Å². The second-order valence-corrected chi connectivity index (χ2v) is 4.06. The van der Waals surface area contributed by atoms with Crippen molar-refractivity contribution in [2.75, 3.05) is 0 Å². The number of hydrogen-bond donors (Lipinski definition) is 1. The van der Waals surface area contributed by atoms with Gasteiger partial charge in [0.25, 0.3) is 0 Å². The van der Waals surface area contributed by atoms with E-state index in [1.165, 1.54) is 0 Å². The first-order chi connectivity index (χ1) is 6.68. The van der Waals surface area contributed by atoms with Gasteiger partial charge in [-0.3, -0.25) is 0 Å². The van der Waals surface area contributed by atoms with Crippen molar-refractivity contribution in [3.63, 3.8) is 0 Å². The van der Waals surface area contributed by atoms with E-state index in [0.29, 0.717) is 0 Å². The number of para-hydroxylation sites is 1. The molecule has 0 bridgehead atoms. The van der Waals surface area contributed by atoms with Crippen LogP contribution < -0.4 is 0 Å². The Morgan fingerprint density at radius 2 is 2.00 bits per heavy atom. The smallest absolute Gasteiger partial charge is 0.158 e. The van der Waals surface area contributed by atoms with Crippen molar-refractivity contribution in [3.05, 3.63) is 42.9 Å². The quantitative estimate of drug-likeness (QED) is 0.757. The molecule has 2 aromatic rings. The lowest BCUT2D eigenvalue weighted by Gasteiger charge is -1.97. The molecular weight excluding hydrogens is 198 g/mol. The Morgan fingerprint density at radius 1 is 1.29 bits per heavy atom. The van der Waals surface area contributed by atoms with Crippen LogP contribution in [0, 0.1) is 6.92 Å². The van der Waals surface area contributed by atoms with E-state index in [0.717, 1.165) is 16.5 Å². The van der Waals surface area contributed by atoms with Crippen LogP contribution in [0.4, 0.5) is 0 Å². The van der Waals surface area contributed by atoms with Gasteiger partial charge in [-0.15, -0.1) is 0 Å². The molecule has 0 fully saturated rings. The highest BCUT2D eigenvalue weighted by Gasteiger charge is 2.04. The fraction of sp³-hybridized carbons (Fsp3) is 0.100. The average Bonchev–Trinajstić information content (AvgIpc) is 2.44. The zero-order chi connectivity index (χ0) is 10.1. The predicted molar refractivity (Wildman–Crippen MR) is 56.7 cm³/mol. The van der Waals surface area contributed by atoms with Crippen LogP contribution in [0.1, 0.15) is 5.56 Å². The van der Waals surface area contributed by atoms with Crippen molar-refractivity contribution < 1.29 is 8.42 Å². The normalized spacial score (nSPS) is 11.3. The van der Waals surface area contributed by atoms with E-state index >= 15 is 0 Å². The predicted octanol–water partition coefficient (Wildman–Crippen LogP) is 1.39. The maximum Gasteiger partial charge on any atom is 0.158 e. The molecule has 0 saturated heterocycles. The molecule has 14 heavy (non-hydrogen) atoms. The fourth-order valence-corrected chi connectivity index (χ4v) is 2.05. The summed E-state index contributed by atoms with van der Waals surface area (Å²) in [6.07, 6.45) is 1.76. The van der Waals surface area contributed by atoms with Crippen molar-refractivity contribution in [2.45, 2.75) is 5.88 Å². The van der Waals surface area contributed by atoms with E-state index in [2.05, 4.69) is 6.92 Å². The summed E-state index contributed by atoms with van der Waals surface area (Å²) in [5.74, 6) is 0.0192. The van der Waals surface area contributed by atoms with Crippen molar-refractivity contribution in [1.82, 2.24) is 4.57 Å². The molecule has 0 spiro atoms. The summed E-state index contributed by atoms with van der Waals surface area (Å²) in [5.41, 5.74) is 1.77. The number of nitrogens with zero attached hydrogens (tertiary/aromatic N) is 1. The first-order valence-electron chi connectivity index (χ1n) is 4.20. The van der Waals surface area contributed by atoms with Crippen LogP contribution in [-0.4, -0.2) is 13.0 Å². The van der Waals surface area contributed by atoms with Crippen LogP contribution in [-0.2, 0) is 16.6 Å². The fourth-order valence-electron chi connectivity index (χ4n) is 1.56. The molecule has 0 aliphatic rings. The summed E-state index contributed by atoms with van der Waals surface area (Å²) < 4.78 is 22.9. The van der Waals surface area contributed by atoms with Gasteiger partial charge in [0, 0.05) is 17.1 Å². The van der Waals surface area contributed by atoms with Gasteiger partial charge in [0.2, 0.25) is 0 Å². The Balaban J connectivity index is 2.66. The van der Waals surface area contributed by atoms with Gasteiger partial charge in [0.1, 0.15) is 5.88 Å². The SMILES string of the molecule is [CH2]c1cn(C[SH](=O)=O)c2ccccc12. The van der Waals surface area contributed by atoms with Crippen LogP contribution in [0.5, 0.6) is 0 Å². The molecule has 0 aliphatic heterocycles. The summed E-state index contributed by atoms with van der Waals surface area (Å²) in [6, 6.07) is 7.63. The second kappa shape index (κ2) is 3.46. The lowest BCUT2D eigenvalue weighted by molar-refractivity contribution is 0.605. The van der Waals surface area contributed by atoms with Gasteiger partial charge < -0.3 is 4.57 Å². The van der Waals surface area contributed by atoms with Gasteiger partial charge in [-0.05, 0) is 18.6 Å². The van der Waals surface area contributed by atoms with Gasteiger partial charge in [-0.1, -0.05) is 18.2 Å². The molecule has 2 rings (SSSR count). The summed E-state index contributed by atoms with van der Waals surface area (Å²) >= 11 is 0. The van der Waals surface area contributed by atoms with Crippen molar-refractivity contribution in [2.24, 2.45) is 0 Å². The molecule has 0 unspecified atom stereocenters. The van der Waals surface area contributed by atoms with Crippen molar-refractivity contribution in [1.29, 1.82) is 0 Å². The average molecular weight is 208 g/mol. The molecular formula is C10H10NO2S. The number of benzene rings is 1. The highest BCUT2D eigenvalue weighted by Crippen LogP contribution is 2.19. The Kier molecular flexibility index (Phi) is 2.29. The topological polar surface area (TPSA) is 39.1 Å². The lowest BCUT2D eigenvalue weighted by atomic mass is 10.2. The van der Waals surface area contributed by atoms with E-state index in [4.69, 9.17) is 0 Å². The van der Waals surface area contributed by atoms with E-state index in [1.54, 1.807) is 10.8 Å². The minimum Gasteiger partial charge on any atom is -0.333 e. The minimum absolute atomic E-state index is 0.0192. The first kappa shape index (κ1) is 9.27. The molecule has 3 nitrogen and oxygen atoms in total. The van der Waals surface area contributed by atoms with E-state index in [1.807, 2.05) is 24.3 Å². The zero-order valence-electron chi connectivity index (χ0n) is 7.51. The van der Waals surface area contributed by atoms with Crippen LogP contribution in [0.15, 0.2) is 30.5 Å². The van der Waals surface area contributed by atoms with Gasteiger partial charge in [-0.2, -0.15) is 0 Å². The van der Waals surface area contributed by atoms with Gasteiger partial charge >= 0.3 is 0 Å². The summed E-state index contributed by atoms with van der Waals surface area (Å²) in [6.45, 7) is 3.86. The maximum atomic E-state index is 10.6. The van der Waals surface area contributed by atoms with Gasteiger partial charge in [-0.25, -0.2) is 8.42 Å². The lowest BCUT2D eigenvalue weighted by Crippen LogP contribution is -1.96. The van der Waals surface area contributed by atoms with Crippen LogP contribution in [0.2, 0.25) is 0 Å². The van der Waals surface area contributed by atoms with E-state index < -0.39 is 10.7 Å². The highest BCUT2D eigenvalue weighted by molar-refractivity contribution is 7.71. The third kappa shape index (κ3) is 1.53. The van der Waals surface area contributed by atoms with Crippen LogP contribution in [0.25, 0.3) is 10.9 Å². The molecule has 0 atom stereocenters. The highest BCUT2D eigenvalue weighted by atomic mass is 32.2. The standard InChI is InChI=1S/C10H10NO2S/c1-8-6-11(7-14(12)13)10-5-3-2-4-9(8)10/h2-6,14H,1,7H2. The summed E-state index contributed by atoms with van der Waals surface area (Å²) in [5, 5.41) is 1.00.